The minimum absolute atomic E-state index is 0.135. The average molecular weight is 440 g/mol. The van der Waals surface area contributed by atoms with Crippen molar-refractivity contribution in [2.24, 2.45) is 5.10 Å². The van der Waals surface area contributed by atoms with Crippen molar-refractivity contribution < 1.29 is 19.0 Å². The van der Waals surface area contributed by atoms with Crippen LogP contribution in [-0.2, 0) is 11.4 Å². The largest absolute Gasteiger partial charge is 0.497 e. The van der Waals surface area contributed by atoms with Gasteiger partial charge in [0.2, 0.25) is 0 Å². The molecule has 6 nitrogen and oxygen atoms in total. The lowest BCUT2D eigenvalue weighted by Crippen LogP contribution is -2.24. The number of nitrogens with zero attached hydrogens (tertiary/aromatic N) is 1. The highest BCUT2D eigenvalue weighted by molar-refractivity contribution is 5.86. The van der Waals surface area contributed by atoms with Crippen LogP contribution >= 0.6 is 0 Å². The molecule has 0 saturated heterocycles. The van der Waals surface area contributed by atoms with Gasteiger partial charge in [0, 0.05) is 5.56 Å². The molecule has 33 heavy (non-hydrogen) atoms. The third-order valence-electron chi connectivity index (χ3n) is 4.93. The Balaban J connectivity index is 1.30. The summed E-state index contributed by atoms with van der Waals surface area (Å²) >= 11 is 0. The van der Waals surface area contributed by atoms with E-state index in [-0.39, 0.29) is 12.5 Å². The van der Waals surface area contributed by atoms with Crippen LogP contribution < -0.4 is 19.6 Å². The number of ether oxygens (including phenoxy) is 3. The molecule has 0 unspecified atom stereocenters. The zero-order chi connectivity index (χ0) is 22.9. The number of hydrogen-bond donors (Lipinski definition) is 1. The number of rotatable bonds is 9. The molecular weight excluding hydrogens is 416 g/mol. The van der Waals surface area contributed by atoms with Gasteiger partial charge < -0.3 is 14.2 Å². The maximum absolute atomic E-state index is 12.1. The molecule has 0 aliphatic carbocycles. The lowest BCUT2D eigenvalue weighted by molar-refractivity contribution is -0.123. The van der Waals surface area contributed by atoms with Crippen molar-refractivity contribution in [2.75, 3.05) is 13.7 Å². The molecule has 4 aromatic rings. The lowest BCUT2D eigenvalue weighted by atomic mass is 10.1. The Bertz CT molecular complexity index is 1270. The van der Waals surface area contributed by atoms with Gasteiger partial charge in [-0.15, -0.1) is 0 Å². The first-order chi connectivity index (χ1) is 16.2. The average Bonchev–Trinajstić information content (AvgIpc) is 2.87. The molecule has 0 aliphatic rings. The van der Waals surface area contributed by atoms with E-state index in [0.717, 1.165) is 27.6 Å². The Morgan fingerprint density at radius 2 is 1.67 bits per heavy atom. The van der Waals surface area contributed by atoms with E-state index >= 15 is 0 Å². The summed E-state index contributed by atoms with van der Waals surface area (Å²) in [6, 6.07) is 28.9. The molecule has 4 rings (SSSR count). The van der Waals surface area contributed by atoms with Crippen molar-refractivity contribution >= 4 is 22.9 Å². The van der Waals surface area contributed by atoms with Gasteiger partial charge in [0.05, 0.1) is 13.3 Å². The smallest absolute Gasteiger partial charge is 0.277 e. The molecule has 0 heterocycles. The van der Waals surface area contributed by atoms with Crippen LogP contribution in [0.25, 0.3) is 10.8 Å². The fourth-order valence-corrected chi connectivity index (χ4v) is 3.25. The van der Waals surface area contributed by atoms with Crippen LogP contribution in [0.5, 0.6) is 17.2 Å². The van der Waals surface area contributed by atoms with Gasteiger partial charge in [-0.25, -0.2) is 5.43 Å². The molecule has 0 aliphatic heterocycles. The van der Waals surface area contributed by atoms with E-state index in [1.54, 1.807) is 13.3 Å². The van der Waals surface area contributed by atoms with E-state index in [9.17, 15) is 4.79 Å². The highest BCUT2D eigenvalue weighted by Crippen LogP contribution is 2.21. The second-order valence-corrected chi connectivity index (χ2v) is 7.27. The fraction of sp³-hybridized carbons (Fsp3) is 0.111. The predicted molar refractivity (Wildman–Crippen MR) is 129 cm³/mol. The molecule has 0 radical (unpaired) electrons. The summed E-state index contributed by atoms with van der Waals surface area (Å²) in [5.41, 5.74) is 4.22. The Morgan fingerprint density at radius 1 is 0.848 bits per heavy atom. The number of hydrazone groups is 1. The van der Waals surface area contributed by atoms with E-state index in [2.05, 4.69) is 10.5 Å². The molecule has 0 spiro atoms. The van der Waals surface area contributed by atoms with Crippen molar-refractivity contribution in [1.29, 1.82) is 0 Å². The molecule has 0 fully saturated rings. The second kappa shape index (κ2) is 10.8. The summed E-state index contributed by atoms with van der Waals surface area (Å²) in [7, 11) is 1.63. The van der Waals surface area contributed by atoms with E-state index in [4.69, 9.17) is 14.2 Å². The van der Waals surface area contributed by atoms with Gasteiger partial charge in [-0.1, -0.05) is 54.6 Å². The molecule has 1 N–H and O–H groups in total. The molecule has 0 saturated carbocycles. The van der Waals surface area contributed by atoms with Gasteiger partial charge in [0.25, 0.3) is 5.91 Å². The van der Waals surface area contributed by atoms with Crippen LogP contribution in [0.4, 0.5) is 0 Å². The zero-order valence-electron chi connectivity index (χ0n) is 18.2. The minimum Gasteiger partial charge on any atom is -0.497 e. The second-order valence-electron chi connectivity index (χ2n) is 7.27. The molecular formula is C27H24N2O4. The number of carbonyl (C=O) groups is 1. The van der Waals surface area contributed by atoms with Crippen LogP contribution in [-0.4, -0.2) is 25.8 Å². The first-order valence-electron chi connectivity index (χ1n) is 10.5. The van der Waals surface area contributed by atoms with Crippen LogP contribution in [0.1, 0.15) is 11.1 Å². The first kappa shape index (κ1) is 21.9. The van der Waals surface area contributed by atoms with Gasteiger partial charge in [-0.3, -0.25) is 4.79 Å². The number of fused-ring (bicyclic) bond motifs is 1. The molecule has 4 aromatic carbocycles. The Kier molecular flexibility index (Phi) is 7.18. The number of carbonyl (C=O) groups excluding carboxylic acids is 1. The first-order valence-corrected chi connectivity index (χ1v) is 10.5. The zero-order valence-corrected chi connectivity index (χ0v) is 18.2. The topological polar surface area (TPSA) is 69.2 Å². The molecule has 6 heteroatoms. The summed E-state index contributed by atoms with van der Waals surface area (Å²) in [6.45, 7) is 0.248. The SMILES string of the molecule is COc1cccc(COc2ccccc2/C=N/NC(=O)COc2ccc3ccccc3c2)c1. The maximum Gasteiger partial charge on any atom is 0.277 e. The summed E-state index contributed by atoms with van der Waals surface area (Å²) in [4.78, 5) is 12.1. The normalized spacial score (nSPS) is 10.8. The van der Waals surface area contributed by atoms with Crippen molar-refractivity contribution in [3.8, 4) is 17.2 Å². The van der Waals surface area contributed by atoms with Gasteiger partial charge in [0.15, 0.2) is 6.61 Å². The lowest BCUT2D eigenvalue weighted by Gasteiger charge is -2.10. The number of methoxy groups -OCH3 is 1. The summed E-state index contributed by atoms with van der Waals surface area (Å²) < 4.78 is 16.8. The van der Waals surface area contributed by atoms with Crippen LogP contribution in [0.3, 0.4) is 0 Å². The van der Waals surface area contributed by atoms with Crippen molar-refractivity contribution in [2.45, 2.75) is 6.61 Å². The molecule has 1 amide bonds. The van der Waals surface area contributed by atoms with E-state index in [1.165, 1.54) is 0 Å². The highest BCUT2D eigenvalue weighted by Gasteiger charge is 2.05. The Hall–Kier alpha value is -4.32. The third kappa shape index (κ3) is 6.11. The Morgan fingerprint density at radius 3 is 2.55 bits per heavy atom. The number of para-hydroxylation sites is 1. The fourth-order valence-electron chi connectivity index (χ4n) is 3.25. The molecule has 0 atom stereocenters. The van der Waals surface area contributed by atoms with E-state index in [0.29, 0.717) is 18.1 Å². The van der Waals surface area contributed by atoms with Gasteiger partial charge in [0.1, 0.15) is 23.9 Å². The number of hydrogen-bond acceptors (Lipinski definition) is 5. The highest BCUT2D eigenvalue weighted by atomic mass is 16.5. The summed E-state index contributed by atoms with van der Waals surface area (Å²) in [6.07, 6.45) is 1.55. The Labute approximate surface area is 192 Å². The van der Waals surface area contributed by atoms with Gasteiger partial charge >= 0.3 is 0 Å². The van der Waals surface area contributed by atoms with Crippen LogP contribution in [0, 0.1) is 0 Å². The quantitative estimate of drug-likeness (QED) is 0.295. The number of benzene rings is 4. The van der Waals surface area contributed by atoms with Crippen molar-refractivity contribution in [3.05, 3.63) is 102 Å². The monoisotopic (exact) mass is 440 g/mol. The van der Waals surface area contributed by atoms with Crippen molar-refractivity contribution in [1.82, 2.24) is 5.43 Å². The van der Waals surface area contributed by atoms with Crippen LogP contribution in [0.15, 0.2) is 96.1 Å². The standard InChI is InChI=1S/C27H24N2O4/c1-31-24-11-6-7-20(15-24)18-33-26-12-5-4-10-23(26)17-28-29-27(30)19-32-25-14-13-21-8-2-3-9-22(21)16-25/h2-17H,18-19H2,1H3,(H,29,30)/b28-17+. The number of amides is 1. The molecule has 0 bridgehead atoms. The molecule has 166 valence electrons. The number of nitrogens with one attached hydrogen (secondary N) is 1. The minimum atomic E-state index is -0.353. The maximum atomic E-state index is 12.1. The van der Waals surface area contributed by atoms with Gasteiger partial charge in [-0.2, -0.15) is 5.10 Å². The molecule has 0 aromatic heterocycles. The van der Waals surface area contributed by atoms with Crippen LogP contribution in [0.2, 0.25) is 0 Å². The van der Waals surface area contributed by atoms with E-state index in [1.807, 2.05) is 91.0 Å². The van der Waals surface area contributed by atoms with Gasteiger partial charge in [-0.05, 0) is 52.7 Å². The summed E-state index contributed by atoms with van der Waals surface area (Å²) in [5, 5.41) is 6.21. The van der Waals surface area contributed by atoms with E-state index < -0.39 is 0 Å². The van der Waals surface area contributed by atoms with Crippen molar-refractivity contribution in [3.63, 3.8) is 0 Å². The predicted octanol–water partition coefficient (Wildman–Crippen LogP) is 4.96. The summed E-state index contributed by atoms with van der Waals surface area (Å²) in [5.74, 6) is 1.71. The third-order valence-corrected chi connectivity index (χ3v) is 4.93.